The summed E-state index contributed by atoms with van der Waals surface area (Å²) in [5.41, 5.74) is 1.85. The molecule has 1 rings (SSSR count). The Morgan fingerprint density at radius 1 is 1.45 bits per heavy atom. The van der Waals surface area contributed by atoms with Crippen molar-refractivity contribution in [1.82, 2.24) is 0 Å². The van der Waals surface area contributed by atoms with Crippen LogP contribution >= 0.6 is 0 Å². The summed E-state index contributed by atoms with van der Waals surface area (Å²) < 4.78 is 0.699. The topological polar surface area (TPSA) is 26.9 Å². The third-order valence-corrected chi connectivity index (χ3v) is 1.05. The van der Waals surface area contributed by atoms with Crippen LogP contribution in [0.3, 0.4) is 0 Å². The zero-order valence-electron chi connectivity index (χ0n) is 6.37. The third-order valence-electron chi connectivity index (χ3n) is 1.05. The van der Waals surface area contributed by atoms with Crippen LogP contribution in [0, 0.1) is 25.3 Å². The van der Waals surface area contributed by atoms with Gasteiger partial charge >= 0.3 is 0 Å². The van der Waals surface area contributed by atoms with Crippen molar-refractivity contribution in [2.45, 2.75) is 13.8 Å². The Morgan fingerprint density at radius 3 is 2.36 bits per heavy atom. The second-order valence-electron chi connectivity index (χ2n) is 2.14. The first-order valence-electron chi connectivity index (χ1n) is 2.78. The Balaban J connectivity index is 0. The average molecular weight is 357 g/mol. The van der Waals surface area contributed by atoms with Crippen LogP contribution in [0.15, 0.2) is 12.3 Å². The van der Waals surface area contributed by atoms with Gasteiger partial charge in [-0.05, 0) is 0 Å². The van der Waals surface area contributed by atoms with Crippen molar-refractivity contribution in [1.29, 1.82) is 0 Å². The van der Waals surface area contributed by atoms with Gasteiger partial charge < -0.3 is 5.21 Å². The summed E-state index contributed by atoms with van der Waals surface area (Å²) in [6, 6.07) is 1.91. The van der Waals surface area contributed by atoms with Crippen molar-refractivity contribution in [3.05, 3.63) is 34.8 Å². The maximum atomic E-state index is 10.6. The molecular formula is C7H8NOVW-. The van der Waals surface area contributed by atoms with Crippen molar-refractivity contribution < 1.29 is 44.4 Å². The number of nitrogens with zero attached hydrogens (tertiary/aromatic N) is 1. The van der Waals surface area contributed by atoms with E-state index in [2.05, 4.69) is 6.20 Å². The number of aromatic nitrogens is 1. The van der Waals surface area contributed by atoms with Crippen LogP contribution in [0.1, 0.15) is 11.1 Å². The zero-order chi connectivity index (χ0) is 6.85. The predicted molar refractivity (Wildman–Crippen MR) is 33.7 cm³/mol. The van der Waals surface area contributed by atoms with Crippen LogP contribution in [0.2, 0.25) is 0 Å². The molecule has 1 radical (unpaired) electrons. The van der Waals surface area contributed by atoms with E-state index in [1.54, 1.807) is 0 Å². The van der Waals surface area contributed by atoms with E-state index in [0.29, 0.717) is 4.73 Å². The molecule has 0 aromatic carbocycles. The van der Waals surface area contributed by atoms with E-state index in [1.807, 2.05) is 19.9 Å². The zero-order valence-corrected chi connectivity index (χ0v) is 10.7. The second-order valence-corrected chi connectivity index (χ2v) is 2.14. The fraction of sp³-hybridized carbons (Fsp3) is 0.286. The molecule has 0 spiro atoms. The van der Waals surface area contributed by atoms with E-state index in [9.17, 15) is 5.21 Å². The van der Waals surface area contributed by atoms with Gasteiger partial charge in [-0.3, -0.25) is 4.73 Å². The summed E-state index contributed by atoms with van der Waals surface area (Å²) >= 11 is 0. The number of pyridine rings is 1. The molecule has 1 aromatic rings. The molecule has 4 heteroatoms. The number of rotatable bonds is 0. The van der Waals surface area contributed by atoms with Crippen molar-refractivity contribution >= 4 is 0 Å². The van der Waals surface area contributed by atoms with Crippen LogP contribution in [0.4, 0.5) is 0 Å². The van der Waals surface area contributed by atoms with Crippen LogP contribution < -0.4 is 4.73 Å². The molecule has 0 fully saturated rings. The summed E-state index contributed by atoms with van der Waals surface area (Å²) in [6.07, 6.45) is 4.07. The Hall–Kier alpha value is 0.223. The molecule has 0 aliphatic heterocycles. The standard InChI is InChI=1S/C7H8NO.V.W/c1-6-3-7(2)5-8(9)4-6;;/h3-4H,1-2H3;;/q-1;;. The molecule has 0 aliphatic rings. The third kappa shape index (κ3) is 4.63. The van der Waals surface area contributed by atoms with E-state index in [1.165, 1.54) is 6.20 Å². The first-order valence-corrected chi connectivity index (χ1v) is 2.78. The van der Waals surface area contributed by atoms with Crippen molar-refractivity contribution in [2.24, 2.45) is 0 Å². The van der Waals surface area contributed by atoms with Gasteiger partial charge in [-0.15, -0.1) is 0 Å². The van der Waals surface area contributed by atoms with Gasteiger partial charge in [0.05, 0.1) is 6.20 Å². The molecule has 0 amide bonds. The minimum atomic E-state index is 0. The van der Waals surface area contributed by atoms with Crippen LogP contribution in [0.25, 0.3) is 0 Å². The molecule has 0 saturated heterocycles. The molecule has 0 saturated carbocycles. The smallest absolute Gasteiger partial charge is 0.128 e. The summed E-state index contributed by atoms with van der Waals surface area (Å²) in [7, 11) is 0. The summed E-state index contributed by atoms with van der Waals surface area (Å²) in [4.78, 5) is 0. The van der Waals surface area contributed by atoms with Crippen LogP contribution in [-0.4, -0.2) is 0 Å². The molecule has 59 valence electrons. The monoisotopic (exact) mass is 357 g/mol. The van der Waals surface area contributed by atoms with Crippen LogP contribution in [0.5, 0.6) is 0 Å². The molecule has 1 aromatic heterocycles. The Labute approximate surface area is 92.7 Å². The van der Waals surface area contributed by atoms with E-state index >= 15 is 0 Å². The summed E-state index contributed by atoms with van der Waals surface area (Å²) in [5, 5.41) is 10.6. The van der Waals surface area contributed by atoms with Gasteiger partial charge in [-0.25, -0.2) is 0 Å². The average Bonchev–Trinajstić information content (AvgIpc) is 1.59. The minimum absolute atomic E-state index is 0. The minimum Gasteiger partial charge on any atom is -0.641 e. The molecule has 0 bridgehead atoms. The van der Waals surface area contributed by atoms with Crippen molar-refractivity contribution in [3.63, 3.8) is 0 Å². The first kappa shape index (κ1) is 13.8. The van der Waals surface area contributed by atoms with Gasteiger partial charge in [0.2, 0.25) is 0 Å². The maximum absolute atomic E-state index is 10.6. The van der Waals surface area contributed by atoms with Gasteiger partial charge in [0.15, 0.2) is 0 Å². The molecule has 0 atom stereocenters. The van der Waals surface area contributed by atoms with Gasteiger partial charge in [0.1, 0.15) is 6.20 Å². The quantitative estimate of drug-likeness (QED) is 0.382. The molecule has 0 unspecified atom stereocenters. The Bertz CT molecular complexity index is 179. The van der Waals surface area contributed by atoms with Crippen LogP contribution in [-0.2, 0) is 39.6 Å². The predicted octanol–water partition coefficient (Wildman–Crippen LogP) is 0.732. The molecular weight excluding hydrogens is 349 g/mol. The van der Waals surface area contributed by atoms with E-state index in [-0.39, 0.29) is 39.6 Å². The normalized spacial score (nSPS) is 7.82. The summed E-state index contributed by atoms with van der Waals surface area (Å²) in [6.45, 7) is 3.73. The molecule has 0 N–H and O–H groups in total. The number of hydrogen-bond donors (Lipinski definition) is 0. The molecule has 1 heterocycles. The Kier molecular flexibility index (Phi) is 7.30. The van der Waals surface area contributed by atoms with Gasteiger partial charge in [-0.1, -0.05) is 25.0 Å². The first-order chi connectivity index (χ1) is 4.18. The van der Waals surface area contributed by atoms with E-state index < -0.39 is 0 Å². The largest absolute Gasteiger partial charge is 0.641 e. The number of hydrogen-bond acceptors (Lipinski definition) is 1. The van der Waals surface area contributed by atoms with Gasteiger partial charge in [0.25, 0.3) is 0 Å². The van der Waals surface area contributed by atoms with E-state index in [0.717, 1.165) is 11.1 Å². The van der Waals surface area contributed by atoms with Gasteiger partial charge in [-0.2, -0.15) is 6.07 Å². The second kappa shape index (κ2) is 5.82. The molecule has 2 nitrogen and oxygen atoms in total. The fourth-order valence-corrected chi connectivity index (χ4v) is 0.802. The maximum Gasteiger partial charge on any atom is 0.128 e. The van der Waals surface area contributed by atoms with Crippen molar-refractivity contribution in [3.8, 4) is 0 Å². The molecule has 0 aliphatic carbocycles. The van der Waals surface area contributed by atoms with E-state index in [4.69, 9.17) is 0 Å². The summed E-state index contributed by atoms with van der Waals surface area (Å²) in [5.74, 6) is 0. The van der Waals surface area contributed by atoms with Gasteiger partial charge in [0, 0.05) is 39.6 Å². The molecule has 11 heavy (non-hydrogen) atoms. The number of aryl methyl sites for hydroxylation is 2. The Morgan fingerprint density at radius 2 is 2.00 bits per heavy atom. The SMILES string of the molecule is Cc1[c-][n+]([O-])cc(C)c1.[V].[W]. The fourth-order valence-electron chi connectivity index (χ4n) is 0.802. The van der Waals surface area contributed by atoms with Crippen molar-refractivity contribution in [2.75, 3.05) is 0 Å².